The van der Waals surface area contributed by atoms with Crippen LogP contribution in [-0.2, 0) is 0 Å². The van der Waals surface area contributed by atoms with Crippen molar-refractivity contribution in [2.45, 2.75) is 12.5 Å². The third-order valence-corrected chi connectivity index (χ3v) is 4.43. The van der Waals surface area contributed by atoms with Gasteiger partial charge in [0.1, 0.15) is 5.84 Å². The molecule has 0 unspecified atom stereocenters. The molecule has 1 aliphatic rings. The highest BCUT2D eigenvalue weighted by Crippen LogP contribution is 2.37. The molecule has 1 aliphatic heterocycles. The zero-order chi connectivity index (χ0) is 15.7. The van der Waals surface area contributed by atoms with Crippen LogP contribution in [0.4, 0.5) is 5.69 Å². The summed E-state index contributed by atoms with van der Waals surface area (Å²) in [5.74, 6) is 0.908. The number of halogens is 3. The molecule has 0 bridgehead atoms. The Kier molecular flexibility index (Phi) is 4.48. The van der Waals surface area contributed by atoms with Gasteiger partial charge in [-0.25, -0.2) is 0 Å². The molecule has 1 atom stereocenters. The molecule has 3 nitrogen and oxygen atoms in total. The summed E-state index contributed by atoms with van der Waals surface area (Å²) in [4.78, 5) is 4.27. The van der Waals surface area contributed by atoms with Crippen molar-refractivity contribution in [2.75, 3.05) is 12.1 Å². The molecule has 6 heteroatoms. The second kappa shape index (κ2) is 6.37. The Labute approximate surface area is 144 Å². The first-order valence-corrected chi connectivity index (χ1v) is 7.94. The summed E-state index contributed by atoms with van der Waals surface area (Å²) in [5.41, 5.74) is 5.31. The van der Waals surface area contributed by atoms with Crippen LogP contribution in [0.3, 0.4) is 0 Å². The lowest BCUT2D eigenvalue weighted by molar-refractivity contribution is 0.686. The first-order valence-electron chi connectivity index (χ1n) is 6.80. The summed E-state index contributed by atoms with van der Waals surface area (Å²) in [6, 6.07) is 13.4. The fraction of sp³-hybridized carbons (Fsp3) is 0.188. The van der Waals surface area contributed by atoms with E-state index in [9.17, 15) is 0 Å². The van der Waals surface area contributed by atoms with Crippen LogP contribution < -0.4 is 10.4 Å². The van der Waals surface area contributed by atoms with E-state index < -0.39 is 0 Å². The summed E-state index contributed by atoms with van der Waals surface area (Å²) >= 11 is 18.3. The number of amidine groups is 1. The van der Waals surface area contributed by atoms with Crippen LogP contribution in [0, 0.1) is 0 Å². The van der Waals surface area contributed by atoms with Crippen LogP contribution in [0.5, 0.6) is 0 Å². The van der Waals surface area contributed by atoms with Gasteiger partial charge in [0, 0.05) is 23.5 Å². The predicted molar refractivity (Wildman–Crippen MR) is 94.2 cm³/mol. The van der Waals surface area contributed by atoms with Gasteiger partial charge in [-0.05, 0) is 35.9 Å². The maximum Gasteiger partial charge on any atom is 0.117 e. The fourth-order valence-electron chi connectivity index (χ4n) is 2.53. The van der Waals surface area contributed by atoms with E-state index in [2.05, 4.69) is 10.4 Å². The van der Waals surface area contributed by atoms with Crippen molar-refractivity contribution in [1.82, 2.24) is 5.43 Å². The zero-order valence-corrected chi connectivity index (χ0v) is 14.1. The average molecular weight is 355 g/mol. The standard InChI is InChI=1S/C16H14Cl3N3/c1-20-16-9-15(10-2-4-11(17)5-3-10)22(21-16)14-7-6-12(18)8-13(14)19/h2-8,15H,9H2,1H3,(H,20,21)/t15-/m0/s1. The first kappa shape index (κ1) is 15.5. The van der Waals surface area contributed by atoms with Crippen LogP contribution >= 0.6 is 34.8 Å². The molecule has 1 fully saturated rings. The molecule has 22 heavy (non-hydrogen) atoms. The minimum atomic E-state index is 0.0923. The monoisotopic (exact) mass is 353 g/mol. The molecule has 114 valence electrons. The summed E-state index contributed by atoms with van der Waals surface area (Å²) < 4.78 is 0. The van der Waals surface area contributed by atoms with Crippen LogP contribution in [0.2, 0.25) is 15.1 Å². The van der Waals surface area contributed by atoms with Crippen molar-refractivity contribution >= 4 is 46.3 Å². The molecule has 0 spiro atoms. The molecule has 0 saturated carbocycles. The second-order valence-corrected chi connectivity index (χ2v) is 6.30. The van der Waals surface area contributed by atoms with Gasteiger partial charge >= 0.3 is 0 Å². The van der Waals surface area contributed by atoms with E-state index in [1.165, 1.54) is 0 Å². The molecule has 3 rings (SSSR count). The normalized spacial score (nSPS) is 19.5. The van der Waals surface area contributed by atoms with Crippen LogP contribution in [0.15, 0.2) is 47.5 Å². The molecule has 2 aromatic rings. The molecule has 0 aromatic heterocycles. The van der Waals surface area contributed by atoms with Crippen molar-refractivity contribution in [3.05, 3.63) is 63.1 Å². The molecule has 1 N–H and O–H groups in total. The molecular weight excluding hydrogens is 341 g/mol. The molecule has 1 saturated heterocycles. The molecule has 1 heterocycles. The van der Waals surface area contributed by atoms with Crippen LogP contribution in [0.1, 0.15) is 18.0 Å². The van der Waals surface area contributed by atoms with Gasteiger partial charge in [0.15, 0.2) is 0 Å². The summed E-state index contributed by atoms with van der Waals surface area (Å²) in [7, 11) is 1.77. The highest BCUT2D eigenvalue weighted by molar-refractivity contribution is 6.36. The van der Waals surface area contributed by atoms with E-state index >= 15 is 0 Å². The highest BCUT2D eigenvalue weighted by atomic mass is 35.5. The Balaban J connectivity index is 2.01. The number of hydrogen-bond acceptors (Lipinski definition) is 2. The van der Waals surface area contributed by atoms with Crippen molar-refractivity contribution < 1.29 is 0 Å². The number of rotatable bonds is 2. The Hall–Kier alpha value is -1.42. The number of hydrogen-bond donors (Lipinski definition) is 1. The lowest BCUT2D eigenvalue weighted by Gasteiger charge is -2.27. The minimum Gasteiger partial charge on any atom is -0.285 e. The fourth-order valence-corrected chi connectivity index (χ4v) is 3.16. The predicted octanol–water partition coefficient (Wildman–Crippen LogP) is 5.13. The Bertz CT molecular complexity index is 713. The Morgan fingerprint density at radius 2 is 1.73 bits per heavy atom. The van der Waals surface area contributed by atoms with E-state index in [-0.39, 0.29) is 6.04 Å². The topological polar surface area (TPSA) is 27.6 Å². The van der Waals surface area contributed by atoms with Gasteiger partial charge in [-0.15, -0.1) is 0 Å². The lowest BCUT2D eigenvalue weighted by Crippen LogP contribution is -2.35. The van der Waals surface area contributed by atoms with Gasteiger partial charge in [0.05, 0.1) is 16.8 Å². The minimum absolute atomic E-state index is 0.0923. The smallest absolute Gasteiger partial charge is 0.117 e. The van der Waals surface area contributed by atoms with Gasteiger partial charge < -0.3 is 0 Å². The third kappa shape index (κ3) is 3.02. The molecule has 0 radical (unpaired) electrons. The second-order valence-electron chi connectivity index (χ2n) is 5.02. The molecule has 0 amide bonds. The van der Waals surface area contributed by atoms with E-state index in [1.807, 2.05) is 41.4 Å². The maximum absolute atomic E-state index is 6.35. The van der Waals surface area contributed by atoms with Gasteiger partial charge in [-0.3, -0.25) is 15.4 Å². The van der Waals surface area contributed by atoms with Gasteiger partial charge in [-0.1, -0.05) is 46.9 Å². The van der Waals surface area contributed by atoms with Crippen molar-refractivity contribution in [3.63, 3.8) is 0 Å². The lowest BCUT2D eigenvalue weighted by atomic mass is 10.0. The largest absolute Gasteiger partial charge is 0.285 e. The number of aliphatic imine (C=N–C) groups is 1. The van der Waals surface area contributed by atoms with Gasteiger partial charge in [0.25, 0.3) is 0 Å². The van der Waals surface area contributed by atoms with E-state index in [1.54, 1.807) is 13.1 Å². The average Bonchev–Trinajstić information content (AvgIpc) is 2.92. The van der Waals surface area contributed by atoms with E-state index in [0.717, 1.165) is 28.5 Å². The van der Waals surface area contributed by atoms with Crippen molar-refractivity contribution in [3.8, 4) is 0 Å². The summed E-state index contributed by atoms with van der Waals surface area (Å²) in [5, 5.41) is 3.94. The van der Waals surface area contributed by atoms with Crippen molar-refractivity contribution in [2.24, 2.45) is 4.99 Å². The van der Waals surface area contributed by atoms with Crippen LogP contribution in [0.25, 0.3) is 0 Å². The van der Waals surface area contributed by atoms with Crippen LogP contribution in [-0.4, -0.2) is 12.9 Å². The summed E-state index contributed by atoms with van der Waals surface area (Å²) in [6.07, 6.45) is 0.775. The van der Waals surface area contributed by atoms with Gasteiger partial charge in [-0.2, -0.15) is 0 Å². The summed E-state index contributed by atoms with van der Waals surface area (Å²) in [6.45, 7) is 0. The van der Waals surface area contributed by atoms with E-state index in [0.29, 0.717) is 10.0 Å². The quantitative estimate of drug-likeness (QED) is 0.809. The molecular formula is C16H14Cl3N3. The number of nitrogens with zero attached hydrogens (tertiary/aromatic N) is 2. The molecule has 2 aromatic carbocycles. The Morgan fingerprint density at radius 1 is 1.05 bits per heavy atom. The zero-order valence-electron chi connectivity index (χ0n) is 11.9. The number of benzene rings is 2. The third-order valence-electron chi connectivity index (χ3n) is 3.64. The van der Waals surface area contributed by atoms with Gasteiger partial charge in [0.2, 0.25) is 0 Å². The molecule has 0 aliphatic carbocycles. The van der Waals surface area contributed by atoms with E-state index in [4.69, 9.17) is 34.8 Å². The number of hydrazine groups is 1. The maximum atomic E-state index is 6.35. The number of anilines is 1. The SMILES string of the molecule is CN=C1C[C@@H](c2ccc(Cl)cc2)N(c2ccc(Cl)cc2Cl)N1. The number of nitrogens with one attached hydrogen (secondary N) is 1. The van der Waals surface area contributed by atoms with Crippen molar-refractivity contribution in [1.29, 1.82) is 0 Å². The first-order chi connectivity index (χ1) is 10.6. The highest BCUT2D eigenvalue weighted by Gasteiger charge is 2.31. The Morgan fingerprint density at radius 3 is 2.36 bits per heavy atom.